The first kappa shape index (κ1) is 24.4. The third kappa shape index (κ3) is 5.50. The van der Waals surface area contributed by atoms with Gasteiger partial charge in [-0.3, -0.25) is 4.79 Å². The molecular weight excluding hydrogens is 438 g/mol. The van der Waals surface area contributed by atoms with Crippen molar-refractivity contribution >= 4 is 17.3 Å². The van der Waals surface area contributed by atoms with Gasteiger partial charge in [-0.2, -0.15) is 0 Å². The maximum absolute atomic E-state index is 13.6. The summed E-state index contributed by atoms with van der Waals surface area (Å²) in [5.41, 5.74) is 11.8. The minimum absolute atomic E-state index is 0.0292. The van der Waals surface area contributed by atoms with Gasteiger partial charge < -0.3 is 25.3 Å². The molecule has 0 radical (unpaired) electrons. The number of para-hydroxylation sites is 1. The molecule has 184 valence electrons. The fourth-order valence-corrected chi connectivity index (χ4v) is 4.40. The van der Waals surface area contributed by atoms with E-state index in [1.54, 1.807) is 19.6 Å². The van der Waals surface area contributed by atoms with Crippen LogP contribution in [0.5, 0.6) is 5.75 Å². The van der Waals surface area contributed by atoms with Gasteiger partial charge in [-0.05, 0) is 48.9 Å². The molecule has 0 bridgehead atoms. The van der Waals surface area contributed by atoms with Gasteiger partial charge in [-0.15, -0.1) is 0 Å². The molecule has 7 heteroatoms. The molecule has 1 amide bonds. The number of imidazole rings is 1. The third-order valence-electron chi connectivity index (χ3n) is 6.12. The van der Waals surface area contributed by atoms with Crippen LogP contribution < -0.4 is 20.7 Å². The molecule has 0 saturated heterocycles. The van der Waals surface area contributed by atoms with E-state index in [4.69, 9.17) is 10.5 Å². The summed E-state index contributed by atoms with van der Waals surface area (Å²) in [5.74, 6) is 0.755. The van der Waals surface area contributed by atoms with Gasteiger partial charge >= 0.3 is 0 Å². The zero-order valence-corrected chi connectivity index (χ0v) is 21.2. The zero-order chi connectivity index (χ0) is 25.2. The Morgan fingerprint density at radius 1 is 1.23 bits per heavy atom. The molecule has 1 aliphatic heterocycles. The number of nitrogens with zero attached hydrogens (tertiary/aromatic N) is 3. The summed E-state index contributed by atoms with van der Waals surface area (Å²) in [7, 11) is 1.64. The van der Waals surface area contributed by atoms with E-state index in [2.05, 4.69) is 37.1 Å². The molecule has 3 N–H and O–H groups in total. The second kappa shape index (κ2) is 9.86. The summed E-state index contributed by atoms with van der Waals surface area (Å²) >= 11 is 0. The summed E-state index contributed by atoms with van der Waals surface area (Å²) in [4.78, 5) is 19.8. The van der Waals surface area contributed by atoms with Gasteiger partial charge in [0.05, 0.1) is 30.5 Å². The molecule has 2 aromatic carbocycles. The quantitative estimate of drug-likeness (QED) is 0.553. The maximum atomic E-state index is 13.6. The summed E-state index contributed by atoms with van der Waals surface area (Å²) in [6.45, 7) is 9.04. The molecule has 1 aliphatic rings. The van der Waals surface area contributed by atoms with Crippen molar-refractivity contribution in [2.75, 3.05) is 18.6 Å². The molecule has 0 fully saturated rings. The minimum atomic E-state index is -0.363. The molecule has 3 aromatic rings. The molecule has 0 saturated carbocycles. The molecule has 4 rings (SSSR count). The fraction of sp³-hybridized carbons (Fsp3) is 0.357. The van der Waals surface area contributed by atoms with E-state index in [0.717, 1.165) is 29.1 Å². The second-order valence-corrected chi connectivity index (χ2v) is 10.3. The standard InChI is InChI=1S/C28H35N5O2/c1-19-16-32(18-31-19)25-13-11-21(14-26(25)35-5)22(29)15-30-23-12-10-20-8-6-7-9-24(20)33(27(23)34)17-28(2,3)4/h6-9,11,13-16,18,23,30H,10,12,17,29H2,1-5H3/b22-15-. The van der Waals surface area contributed by atoms with Crippen molar-refractivity contribution in [3.05, 3.63) is 78.0 Å². The molecule has 0 aliphatic carbocycles. The number of carbonyl (C=O) groups excluding carboxylic acids is 1. The highest BCUT2D eigenvalue weighted by molar-refractivity contribution is 5.98. The minimum Gasteiger partial charge on any atom is -0.495 e. The van der Waals surface area contributed by atoms with Crippen molar-refractivity contribution in [3.8, 4) is 11.4 Å². The number of carbonyl (C=O) groups is 1. The number of hydrogen-bond donors (Lipinski definition) is 2. The molecule has 7 nitrogen and oxygen atoms in total. The van der Waals surface area contributed by atoms with E-state index in [1.807, 2.05) is 59.0 Å². The second-order valence-electron chi connectivity index (χ2n) is 10.3. The first-order valence-corrected chi connectivity index (χ1v) is 12.0. The van der Waals surface area contributed by atoms with Crippen LogP contribution in [0.2, 0.25) is 0 Å². The maximum Gasteiger partial charge on any atom is 0.249 e. The van der Waals surface area contributed by atoms with Gasteiger partial charge in [0.25, 0.3) is 0 Å². The first-order chi connectivity index (χ1) is 16.7. The number of rotatable bonds is 6. The number of methoxy groups -OCH3 is 1. The number of hydrogen-bond acceptors (Lipinski definition) is 5. The Bertz CT molecular complexity index is 1240. The zero-order valence-electron chi connectivity index (χ0n) is 21.2. The molecule has 0 spiro atoms. The molecule has 1 aromatic heterocycles. The van der Waals surface area contributed by atoms with Crippen molar-refractivity contribution in [1.82, 2.24) is 14.9 Å². The topological polar surface area (TPSA) is 85.4 Å². The molecule has 35 heavy (non-hydrogen) atoms. The highest BCUT2D eigenvalue weighted by atomic mass is 16.5. The number of amides is 1. The lowest BCUT2D eigenvalue weighted by Crippen LogP contribution is -2.47. The summed E-state index contributed by atoms with van der Waals surface area (Å²) < 4.78 is 7.53. The fourth-order valence-electron chi connectivity index (χ4n) is 4.40. The number of nitrogens with one attached hydrogen (secondary N) is 1. The lowest BCUT2D eigenvalue weighted by molar-refractivity contribution is -0.120. The van der Waals surface area contributed by atoms with Crippen molar-refractivity contribution in [3.63, 3.8) is 0 Å². The largest absolute Gasteiger partial charge is 0.495 e. The third-order valence-corrected chi connectivity index (χ3v) is 6.12. The number of nitrogens with two attached hydrogens (primary N) is 1. The van der Waals surface area contributed by atoms with E-state index in [-0.39, 0.29) is 17.4 Å². The number of benzene rings is 2. The van der Waals surface area contributed by atoms with Gasteiger partial charge in [0.15, 0.2) is 0 Å². The summed E-state index contributed by atoms with van der Waals surface area (Å²) in [6, 6.07) is 13.6. The van der Waals surface area contributed by atoms with E-state index in [1.165, 1.54) is 5.56 Å². The summed E-state index contributed by atoms with van der Waals surface area (Å²) in [5, 5.41) is 3.31. The van der Waals surface area contributed by atoms with Crippen LogP contribution in [0.3, 0.4) is 0 Å². The Kier molecular flexibility index (Phi) is 6.87. The van der Waals surface area contributed by atoms with Crippen LogP contribution in [0.1, 0.15) is 44.0 Å². The average molecular weight is 474 g/mol. The van der Waals surface area contributed by atoms with E-state index >= 15 is 0 Å². The number of ether oxygens (including phenoxy) is 1. The lowest BCUT2D eigenvalue weighted by Gasteiger charge is -2.32. The van der Waals surface area contributed by atoms with Crippen LogP contribution in [0, 0.1) is 12.3 Å². The Hall–Kier alpha value is -3.74. The van der Waals surface area contributed by atoms with E-state index in [0.29, 0.717) is 24.4 Å². The number of anilines is 1. The van der Waals surface area contributed by atoms with Crippen LogP contribution in [0.25, 0.3) is 11.4 Å². The van der Waals surface area contributed by atoms with Gasteiger partial charge in [-0.25, -0.2) is 4.98 Å². The van der Waals surface area contributed by atoms with Crippen molar-refractivity contribution < 1.29 is 9.53 Å². The van der Waals surface area contributed by atoms with Crippen LogP contribution >= 0.6 is 0 Å². The van der Waals surface area contributed by atoms with Gasteiger partial charge in [-0.1, -0.05) is 45.0 Å². The van der Waals surface area contributed by atoms with Crippen molar-refractivity contribution in [2.24, 2.45) is 11.1 Å². The van der Waals surface area contributed by atoms with Crippen molar-refractivity contribution in [2.45, 2.75) is 46.6 Å². The number of fused-ring (bicyclic) bond motifs is 1. The molecule has 2 heterocycles. The monoisotopic (exact) mass is 473 g/mol. The van der Waals surface area contributed by atoms with Gasteiger partial charge in [0.1, 0.15) is 11.8 Å². The Morgan fingerprint density at radius 3 is 2.69 bits per heavy atom. The predicted molar refractivity (Wildman–Crippen MR) is 141 cm³/mol. The summed E-state index contributed by atoms with van der Waals surface area (Å²) in [6.07, 6.45) is 6.96. The lowest BCUT2D eigenvalue weighted by atomic mass is 9.95. The Morgan fingerprint density at radius 2 is 2.00 bits per heavy atom. The number of aromatic nitrogens is 2. The Balaban J connectivity index is 1.56. The van der Waals surface area contributed by atoms with Gasteiger partial charge in [0, 0.05) is 30.2 Å². The first-order valence-electron chi connectivity index (χ1n) is 12.0. The van der Waals surface area contributed by atoms with Crippen LogP contribution in [-0.2, 0) is 11.2 Å². The normalized spacial score (nSPS) is 16.6. The molecule has 1 atom stereocenters. The SMILES string of the molecule is COc1cc(/C(N)=C/NC2CCc3ccccc3N(CC(C)(C)C)C2=O)ccc1-n1cnc(C)c1. The van der Waals surface area contributed by atoms with E-state index < -0.39 is 0 Å². The van der Waals surface area contributed by atoms with Crippen molar-refractivity contribution in [1.29, 1.82) is 0 Å². The molecular formula is C28H35N5O2. The van der Waals surface area contributed by atoms with Crippen LogP contribution in [0.15, 0.2) is 61.2 Å². The molecule has 1 unspecified atom stereocenters. The van der Waals surface area contributed by atoms with Crippen LogP contribution in [0.4, 0.5) is 5.69 Å². The predicted octanol–water partition coefficient (Wildman–Crippen LogP) is 4.43. The van der Waals surface area contributed by atoms with Crippen LogP contribution in [-0.4, -0.2) is 35.2 Å². The Labute approximate surface area is 207 Å². The number of aryl methyl sites for hydroxylation is 2. The highest BCUT2D eigenvalue weighted by Gasteiger charge is 2.32. The highest BCUT2D eigenvalue weighted by Crippen LogP contribution is 2.30. The van der Waals surface area contributed by atoms with Gasteiger partial charge in [0.2, 0.25) is 5.91 Å². The smallest absolute Gasteiger partial charge is 0.249 e. The average Bonchev–Trinajstić information content (AvgIpc) is 3.22. The van der Waals surface area contributed by atoms with E-state index in [9.17, 15) is 4.79 Å².